The number of rotatable bonds is 6. The number of pyridine rings is 1. The van der Waals surface area contributed by atoms with Crippen LogP contribution in [-0.2, 0) is 12.8 Å². The molecule has 0 fully saturated rings. The first-order valence-corrected chi connectivity index (χ1v) is 8.13. The molecule has 4 heteroatoms. The van der Waals surface area contributed by atoms with Crippen LogP contribution in [0.4, 0.5) is 0 Å². The Morgan fingerprint density at radius 2 is 1.90 bits per heavy atom. The number of aromatic nitrogens is 2. The summed E-state index contributed by atoms with van der Waals surface area (Å²) >= 11 is 1.80. The fraction of sp³-hybridized carbons (Fsp3) is 0.294. The van der Waals surface area contributed by atoms with E-state index in [0.29, 0.717) is 6.04 Å². The van der Waals surface area contributed by atoms with Crippen LogP contribution < -0.4 is 5.32 Å². The number of likely N-dealkylation sites (N-methyl/N-ethyl adjacent to an activating group) is 1. The average Bonchev–Trinajstić information content (AvgIpc) is 2.90. The lowest BCUT2D eigenvalue weighted by atomic mass is 10.0. The molecule has 21 heavy (non-hydrogen) atoms. The summed E-state index contributed by atoms with van der Waals surface area (Å²) in [6.07, 6.45) is 5.69. The maximum absolute atomic E-state index is 4.74. The van der Waals surface area contributed by atoms with Gasteiger partial charge in [-0.2, -0.15) is 0 Å². The third-order valence-electron chi connectivity index (χ3n) is 3.48. The molecule has 2 heterocycles. The van der Waals surface area contributed by atoms with E-state index in [9.17, 15) is 0 Å². The van der Waals surface area contributed by atoms with E-state index in [1.807, 2.05) is 18.5 Å². The molecule has 0 aliphatic carbocycles. The van der Waals surface area contributed by atoms with E-state index in [2.05, 4.69) is 47.6 Å². The Morgan fingerprint density at radius 3 is 2.67 bits per heavy atom. The molecule has 3 nitrogen and oxygen atoms in total. The highest BCUT2D eigenvalue weighted by Crippen LogP contribution is 2.23. The molecular formula is C17H19N3S. The van der Waals surface area contributed by atoms with Gasteiger partial charge in [0, 0.05) is 24.9 Å². The number of thiazole rings is 1. The summed E-state index contributed by atoms with van der Waals surface area (Å²) in [7, 11) is 0. The summed E-state index contributed by atoms with van der Waals surface area (Å²) in [4.78, 5) is 8.82. The molecule has 0 aliphatic heterocycles. The standard InChI is InChI=1S/C17H19N3S/c1-2-19-14(11-13-7-9-18-10-8-13)12-17-20-15-5-3-4-6-16(15)21-17/h3-10,14,19H,2,11-12H2,1H3. The van der Waals surface area contributed by atoms with Gasteiger partial charge in [0.15, 0.2) is 0 Å². The molecule has 0 saturated carbocycles. The molecular weight excluding hydrogens is 278 g/mol. The fourth-order valence-corrected chi connectivity index (χ4v) is 3.57. The SMILES string of the molecule is CCNC(Cc1ccncc1)Cc1nc2ccccc2s1. The molecule has 1 unspecified atom stereocenters. The van der Waals surface area contributed by atoms with Crippen molar-refractivity contribution < 1.29 is 0 Å². The van der Waals surface area contributed by atoms with E-state index >= 15 is 0 Å². The number of para-hydroxylation sites is 1. The van der Waals surface area contributed by atoms with Crippen LogP contribution in [0.15, 0.2) is 48.8 Å². The van der Waals surface area contributed by atoms with Crippen molar-refractivity contribution in [1.29, 1.82) is 0 Å². The predicted octanol–water partition coefficient (Wildman–Crippen LogP) is 3.45. The van der Waals surface area contributed by atoms with Gasteiger partial charge in [-0.15, -0.1) is 11.3 Å². The summed E-state index contributed by atoms with van der Waals surface area (Å²) in [5.74, 6) is 0. The van der Waals surface area contributed by atoms with E-state index in [1.165, 1.54) is 15.3 Å². The Hall–Kier alpha value is -1.78. The minimum atomic E-state index is 0.415. The lowest BCUT2D eigenvalue weighted by Gasteiger charge is -2.16. The quantitative estimate of drug-likeness (QED) is 0.757. The van der Waals surface area contributed by atoms with Crippen LogP contribution in [0.1, 0.15) is 17.5 Å². The Bertz CT molecular complexity index is 660. The molecule has 0 amide bonds. The van der Waals surface area contributed by atoms with Gasteiger partial charge in [0.2, 0.25) is 0 Å². The van der Waals surface area contributed by atoms with Gasteiger partial charge in [0.25, 0.3) is 0 Å². The van der Waals surface area contributed by atoms with Gasteiger partial charge in [0.05, 0.1) is 15.2 Å². The zero-order chi connectivity index (χ0) is 14.5. The largest absolute Gasteiger partial charge is 0.314 e. The second kappa shape index (κ2) is 6.78. The molecule has 1 atom stereocenters. The zero-order valence-electron chi connectivity index (χ0n) is 12.1. The molecule has 1 aromatic carbocycles. The highest BCUT2D eigenvalue weighted by molar-refractivity contribution is 7.18. The molecule has 2 aromatic heterocycles. The summed E-state index contributed by atoms with van der Waals surface area (Å²) in [5, 5.41) is 4.78. The van der Waals surface area contributed by atoms with Crippen molar-refractivity contribution >= 4 is 21.6 Å². The molecule has 1 N–H and O–H groups in total. The average molecular weight is 297 g/mol. The highest BCUT2D eigenvalue weighted by Gasteiger charge is 2.12. The van der Waals surface area contributed by atoms with Crippen molar-refractivity contribution in [2.75, 3.05) is 6.54 Å². The molecule has 0 bridgehead atoms. The third-order valence-corrected chi connectivity index (χ3v) is 4.54. The van der Waals surface area contributed by atoms with Crippen LogP contribution in [0.2, 0.25) is 0 Å². The van der Waals surface area contributed by atoms with Gasteiger partial charge >= 0.3 is 0 Å². The summed E-state index contributed by atoms with van der Waals surface area (Å²) < 4.78 is 1.27. The predicted molar refractivity (Wildman–Crippen MR) is 88.7 cm³/mol. The van der Waals surface area contributed by atoms with Gasteiger partial charge in [-0.05, 0) is 42.8 Å². The smallest absolute Gasteiger partial charge is 0.0954 e. The summed E-state index contributed by atoms with van der Waals surface area (Å²) in [6.45, 7) is 3.12. The van der Waals surface area contributed by atoms with Crippen LogP contribution >= 0.6 is 11.3 Å². The minimum Gasteiger partial charge on any atom is -0.314 e. The van der Waals surface area contributed by atoms with Gasteiger partial charge in [-0.3, -0.25) is 4.98 Å². The molecule has 3 aromatic rings. The first-order valence-electron chi connectivity index (χ1n) is 7.32. The monoisotopic (exact) mass is 297 g/mol. The van der Waals surface area contributed by atoms with Crippen LogP contribution in [0.25, 0.3) is 10.2 Å². The molecule has 0 spiro atoms. The van der Waals surface area contributed by atoms with Crippen LogP contribution in [-0.4, -0.2) is 22.6 Å². The lowest BCUT2D eigenvalue weighted by molar-refractivity contribution is 0.520. The van der Waals surface area contributed by atoms with E-state index in [4.69, 9.17) is 4.98 Å². The fourth-order valence-electron chi connectivity index (χ4n) is 2.53. The summed E-state index contributed by atoms with van der Waals surface area (Å²) in [5.41, 5.74) is 2.42. The number of nitrogens with one attached hydrogen (secondary N) is 1. The zero-order valence-corrected chi connectivity index (χ0v) is 12.9. The van der Waals surface area contributed by atoms with Crippen molar-refractivity contribution in [2.24, 2.45) is 0 Å². The van der Waals surface area contributed by atoms with E-state index in [0.717, 1.165) is 24.9 Å². The van der Waals surface area contributed by atoms with E-state index < -0.39 is 0 Å². The van der Waals surface area contributed by atoms with Crippen LogP contribution in [0.5, 0.6) is 0 Å². The Kier molecular flexibility index (Phi) is 4.58. The number of fused-ring (bicyclic) bond motifs is 1. The van der Waals surface area contributed by atoms with E-state index in [1.54, 1.807) is 11.3 Å². The second-order valence-corrected chi connectivity index (χ2v) is 6.21. The Balaban J connectivity index is 1.75. The number of hydrogen-bond donors (Lipinski definition) is 1. The molecule has 0 radical (unpaired) electrons. The molecule has 108 valence electrons. The first kappa shape index (κ1) is 14.2. The van der Waals surface area contributed by atoms with Crippen molar-refractivity contribution in [1.82, 2.24) is 15.3 Å². The Morgan fingerprint density at radius 1 is 1.10 bits per heavy atom. The van der Waals surface area contributed by atoms with Crippen molar-refractivity contribution in [3.63, 3.8) is 0 Å². The number of nitrogens with zero attached hydrogens (tertiary/aromatic N) is 2. The topological polar surface area (TPSA) is 37.8 Å². The lowest BCUT2D eigenvalue weighted by Crippen LogP contribution is -2.33. The number of hydrogen-bond acceptors (Lipinski definition) is 4. The van der Waals surface area contributed by atoms with Gasteiger partial charge in [0.1, 0.15) is 0 Å². The van der Waals surface area contributed by atoms with Crippen molar-refractivity contribution in [2.45, 2.75) is 25.8 Å². The van der Waals surface area contributed by atoms with E-state index in [-0.39, 0.29) is 0 Å². The molecule has 0 aliphatic rings. The van der Waals surface area contributed by atoms with Crippen molar-refractivity contribution in [3.05, 3.63) is 59.4 Å². The van der Waals surface area contributed by atoms with Crippen LogP contribution in [0.3, 0.4) is 0 Å². The van der Waals surface area contributed by atoms with Gasteiger partial charge in [-0.25, -0.2) is 4.98 Å². The Labute approximate surface area is 129 Å². The van der Waals surface area contributed by atoms with Crippen molar-refractivity contribution in [3.8, 4) is 0 Å². The maximum Gasteiger partial charge on any atom is 0.0954 e. The second-order valence-electron chi connectivity index (χ2n) is 5.09. The highest BCUT2D eigenvalue weighted by atomic mass is 32.1. The van der Waals surface area contributed by atoms with Crippen LogP contribution in [0, 0.1) is 0 Å². The van der Waals surface area contributed by atoms with Gasteiger partial charge in [-0.1, -0.05) is 19.1 Å². The molecule has 0 saturated heterocycles. The minimum absolute atomic E-state index is 0.415. The normalized spacial score (nSPS) is 12.6. The summed E-state index contributed by atoms with van der Waals surface area (Å²) in [6, 6.07) is 12.9. The third kappa shape index (κ3) is 3.65. The number of benzene rings is 1. The molecule has 3 rings (SSSR count). The van der Waals surface area contributed by atoms with Gasteiger partial charge < -0.3 is 5.32 Å². The first-order chi connectivity index (χ1) is 10.3. The maximum atomic E-state index is 4.74.